The van der Waals surface area contributed by atoms with Gasteiger partial charge in [-0.1, -0.05) is 0 Å². The Hall–Kier alpha value is -0.570. The van der Waals surface area contributed by atoms with E-state index in [9.17, 15) is 20.1 Å². The summed E-state index contributed by atoms with van der Waals surface area (Å²) in [7, 11) is 0. The highest BCUT2D eigenvalue weighted by atomic mass is 16.5. The minimum Gasteiger partial charge on any atom is -0.394 e. The molecule has 0 aromatic heterocycles. The van der Waals surface area contributed by atoms with Gasteiger partial charge >= 0.3 is 0 Å². The van der Waals surface area contributed by atoms with Gasteiger partial charge < -0.3 is 30.3 Å². The zero-order chi connectivity index (χ0) is 11.6. The minimum atomic E-state index is -1.61. The molecular formula is C8H14O7. The first kappa shape index (κ1) is 12.5. The number of aliphatic hydroxyl groups is 5. The van der Waals surface area contributed by atoms with E-state index in [0.717, 1.165) is 0 Å². The van der Waals surface area contributed by atoms with E-state index in [0.29, 0.717) is 0 Å². The van der Waals surface area contributed by atoms with Crippen LogP contribution in [0.4, 0.5) is 0 Å². The van der Waals surface area contributed by atoms with E-state index in [1.807, 2.05) is 0 Å². The summed E-state index contributed by atoms with van der Waals surface area (Å²) in [5.41, 5.74) is 0. The topological polar surface area (TPSA) is 127 Å². The third-order valence-electron chi connectivity index (χ3n) is 2.37. The van der Waals surface area contributed by atoms with Gasteiger partial charge in [0.05, 0.1) is 6.61 Å². The first-order chi connectivity index (χ1) is 7.02. The van der Waals surface area contributed by atoms with Crippen LogP contribution in [0.3, 0.4) is 0 Å². The van der Waals surface area contributed by atoms with Crippen LogP contribution in [-0.2, 0) is 9.53 Å². The van der Waals surface area contributed by atoms with Crippen LogP contribution in [-0.4, -0.2) is 75.0 Å². The molecule has 1 heterocycles. The quantitative estimate of drug-likeness (QED) is 0.333. The maximum atomic E-state index is 11.1. The maximum absolute atomic E-state index is 11.1. The van der Waals surface area contributed by atoms with E-state index in [1.54, 1.807) is 0 Å². The summed E-state index contributed by atoms with van der Waals surface area (Å²) in [5.74, 6) is -0.813. The van der Waals surface area contributed by atoms with Gasteiger partial charge in [-0.15, -0.1) is 0 Å². The molecule has 0 aromatic rings. The van der Waals surface area contributed by atoms with Gasteiger partial charge in [0.2, 0.25) is 0 Å². The summed E-state index contributed by atoms with van der Waals surface area (Å²) in [5, 5.41) is 45.4. The number of hydrogen-bond acceptors (Lipinski definition) is 7. The largest absolute Gasteiger partial charge is 0.394 e. The standard InChI is InChI=1S/C8H14O7/c9-1-3(11)8-7(14)6(13)5(12)4(2-10)15-8/h4-10,12-14H,1-2H2/t4-,5+,6+,7-,8+/m1/s1. The number of hydrogen-bond donors (Lipinski definition) is 5. The van der Waals surface area contributed by atoms with Gasteiger partial charge in [0.1, 0.15) is 37.1 Å². The molecule has 1 fully saturated rings. The van der Waals surface area contributed by atoms with Gasteiger partial charge in [-0.25, -0.2) is 0 Å². The van der Waals surface area contributed by atoms with Gasteiger partial charge in [-0.2, -0.15) is 0 Å². The van der Waals surface area contributed by atoms with Crippen molar-refractivity contribution in [3.63, 3.8) is 0 Å². The first-order valence-electron chi connectivity index (χ1n) is 4.47. The molecule has 7 heteroatoms. The molecule has 7 nitrogen and oxygen atoms in total. The minimum absolute atomic E-state index is 0.597. The number of carbonyl (C=O) groups is 1. The number of ketones is 1. The molecule has 5 N–H and O–H groups in total. The zero-order valence-corrected chi connectivity index (χ0v) is 7.85. The molecule has 5 atom stereocenters. The van der Waals surface area contributed by atoms with Crippen molar-refractivity contribution in [2.24, 2.45) is 0 Å². The lowest BCUT2D eigenvalue weighted by molar-refractivity contribution is -0.226. The van der Waals surface area contributed by atoms with E-state index in [2.05, 4.69) is 0 Å². The third-order valence-corrected chi connectivity index (χ3v) is 2.37. The Balaban J connectivity index is 2.78. The van der Waals surface area contributed by atoms with E-state index < -0.39 is 49.5 Å². The maximum Gasteiger partial charge on any atom is 0.189 e. The smallest absolute Gasteiger partial charge is 0.189 e. The lowest BCUT2D eigenvalue weighted by Gasteiger charge is -2.39. The zero-order valence-electron chi connectivity index (χ0n) is 7.85. The fourth-order valence-corrected chi connectivity index (χ4v) is 1.46. The number of aliphatic hydroxyl groups excluding tert-OH is 5. The molecule has 1 saturated heterocycles. The predicted octanol–water partition coefficient (Wildman–Crippen LogP) is -3.61. The van der Waals surface area contributed by atoms with Crippen LogP contribution in [0.15, 0.2) is 0 Å². The highest BCUT2D eigenvalue weighted by Gasteiger charge is 2.45. The average Bonchev–Trinajstić information content (AvgIpc) is 2.25. The Kier molecular flexibility index (Phi) is 4.14. The van der Waals surface area contributed by atoms with Gasteiger partial charge in [0.25, 0.3) is 0 Å². The Morgan fingerprint density at radius 3 is 2.13 bits per heavy atom. The number of carbonyl (C=O) groups excluding carboxylic acids is 1. The Bertz CT molecular complexity index is 229. The van der Waals surface area contributed by atoms with Crippen LogP contribution in [0.2, 0.25) is 0 Å². The van der Waals surface area contributed by atoms with Crippen LogP contribution in [0.1, 0.15) is 0 Å². The fourth-order valence-electron chi connectivity index (χ4n) is 1.46. The van der Waals surface area contributed by atoms with Crippen molar-refractivity contribution < 1.29 is 35.1 Å². The number of Topliss-reactive ketones (excluding diaryl/α,β-unsaturated/α-hetero) is 1. The van der Waals surface area contributed by atoms with Crippen LogP contribution in [0, 0.1) is 0 Å². The van der Waals surface area contributed by atoms with E-state index in [1.165, 1.54) is 0 Å². The lowest BCUT2D eigenvalue weighted by Crippen LogP contribution is -2.60. The van der Waals surface area contributed by atoms with E-state index in [4.69, 9.17) is 14.9 Å². The molecule has 0 unspecified atom stereocenters. The molecule has 1 rings (SSSR count). The third kappa shape index (κ3) is 2.33. The molecule has 0 radical (unpaired) electrons. The molecule has 1 aliphatic heterocycles. The van der Waals surface area contributed by atoms with Gasteiger partial charge in [0, 0.05) is 0 Å². The highest BCUT2D eigenvalue weighted by Crippen LogP contribution is 2.21. The lowest BCUT2D eigenvalue weighted by atomic mass is 9.93. The Morgan fingerprint density at radius 1 is 1.07 bits per heavy atom. The molecule has 0 amide bonds. The van der Waals surface area contributed by atoms with E-state index >= 15 is 0 Å². The van der Waals surface area contributed by atoms with Crippen molar-refractivity contribution in [1.29, 1.82) is 0 Å². The number of ether oxygens (including phenoxy) is 1. The molecule has 0 spiro atoms. The summed E-state index contributed by atoms with van der Waals surface area (Å²) in [6.07, 6.45) is -7.24. The van der Waals surface area contributed by atoms with Gasteiger partial charge in [-0.3, -0.25) is 4.79 Å². The van der Waals surface area contributed by atoms with Crippen molar-refractivity contribution in [2.45, 2.75) is 30.5 Å². The van der Waals surface area contributed by atoms with Crippen molar-refractivity contribution in [3.05, 3.63) is 0 Å². The predicted molar refractivity (Wildman–Crippen MR) is 45.9 cm³/mol. The second-order valence-corrected chi connectivity index (χ2v) is 3.37. The summed E-state index contributed by atoms with van der Waals surface area (Å²) in [6.45, 7) is -1.44. The molecule has 1 aliphatic rings. The Labute approximate surface area is 85.5 Å². The summed E-state index contributed by atoms with van der Waals surface area (Å²) < 4.78 is 4.86. The summed E-state index contributed by atoms with van der Waals surface area (Å²) in [4.78, 5) is 11.1. The van der Waals surface area contributed by atoms with Gasteiger partial charge in [-0.05, 0) is 0 Å². The SMILES string of the molecule is O=C(CO)[C@@H]1O[C@H](CO)[C@H](O)[C@H](O)[C@H]1O. The van der Waals surface area contributed by atoms with Crippen molar-refractivity contribution in [2.75, 3.05) is 13.2 Å². The van der Waals surface area contributed by atoms with Crippen molar-refractivity contribution in [1.82, 2.24) is 0 Å². The summed E-state index contributed by atoms with van der Waals surface area (Å²) in [6, 6.07) is 0. The van der Waals surface area contributed by atoms with Crippen LogP contribution >= 0.6 is 0 Å². The van der Waals surface area contributed by atoms with Crippen LogP contribution in [0.5, 0.6) is 0 Å². The second-order valence-electron chi connectivity index (χ2n) is 3.37. The first-order valence-corrected chi connectivity index (χ1v) is 4.47. The highest BCUT2D eigenvalue weighted by molar-refractivity contribution is 5.84. The fraction of sp³-hybridized carbons (Fsp3) is 0.875. The summed E-state index contributed by atoms with van der Waals surface area (Å²) >= 11 is 0. The normalized spacial score (nSPS) is 41.5. The average molecular weight is 222 g/mol. The molecule has 15 heavy (non-hydrogen) atoms. The van der Waals surface area contributed by atoms with E-state index in [-0.39, 0.29) is 0 Å². The number of rotatable bonds is 3. The van der Waals surface area contributed by atoms with Crippen LogP contribution in [0.25, 0.3) is 0 Å². The Morgan fingerprint density at radius 2 is 1.67 bits per heavy atom. The molecule has 88 valence electrons. The monoisotopic (exact) mass is 222 g/mol. The second kappa shape index (κ2) is 4.97. The molecular weight excluding hydrogens is 208 g/mol. The van der Waals surface area contributed by atoms with Gasteiger partial charge in [0.15, 0.2) is 5.78 Å². The van der Waals surface area contributed by atoms with Crippen LogP contribution < -0.4 is 0 Å². The molecule has 0 saturated carbocycles. The van der Waals surface area contributed by atoms with Crippen molar-refractivity contribution in [3.8, 4) is 0 Å². The van der Waals surface area contributed by atoms with Crippen molar-refractivity contribution >= 4 is 5.78 Å². The molecule has 0 bridgehead atoms. The molecule has 0 aliphatic carbocycles. The molecule has 0 aromatic carbocycles.